The molecule has 84 valence electrons. The van der Waals surface area contributed by atoms with Crippen LogP contribution < -0.4 is 4.90 Å². The van der Waals surface area contributed by atoms with Crippen LogP contribution in [0.5, 0.6) is 0 Å². The molecule has 5 nitrogen and oxygen atoms in total. The lowest BCUT2D eigenvalue weighted by atomic mass is 10.4. The molecule has 0 bridgehead atoms. The molecule has 1 fully saturated rings. The second-order valence-electron chi connectivity index (χ2n) is 3.22. The summed E-state index contributed by atoms with van der Waals surface area (Å²) in [6.07, 6.45) is 5.22. The first kappa shape index (κ1) is 10.9. The number of aromatic nitrogens is 1. The van der Waals surface area contributed by atoms with Crippen molar-refractivity contribution < 1.29 is 14.6 Å². The fraction of sp³-hybridized carbons (Fsp3) is 0.400. The van der Waals surface area contributed by atoms with Crippen molar-refractivity contribution in [3.8, 4) is 12.3 Å². The van der Waals surface area contributed by atoms with Crippen LogP contribution in [0.15, 0.2) is 0 Å². The maximum atomic E-state index is 11.0. The van der Waals surface area contributed by atoms with E-state index in [-0.39, 0.29) is 5.69 Å². The SMILES string of the molecule is C#Cc1nc(C(=O)O)c(N2CCOCC2)s1. The predicted molar refractivity (Wildman–Crippen MR) is 60.0 cm³/mol. The third-order valence-corrected chi connectivity index (χ3v) is 3.28. The van der Waals surface area contributed by atoms with Gasteiger partial charge in [-0.2, -0.15) is 0 Å². The molecule has 2 rings (SSSR count). The monoisotopic (exact) mass is 238 g/mol. The van der Waals surface area contributed by atoms with E-state index in [1.165, 1.54) is 11.3 Å². The minimum absolute atomic E-state index is 0.0415. The second-order valence-corrected chi connectivity index (χ2v) is 4.20. The Morgan fingerprint density at radius 1 is 1.56 bits per heavy atom. The lowest BCUT2D eigenvalue weighted by Gasteiger charge is -2.27. The molecule has 16 heavy (non-hydrogen) atoms. The van der Waals surface area contributed by atoms with Gasteiger partial charge in [0, 0.05) is 13.1 Å². The van der Waals surface area contributed by atoms with E-state index >= 15 is 0 Å². The zero-order chi connectivity index (χ0) is 11.5. The number of aromatic carboxylic acids is 1. The number of hydrogen-bond donors (Lipinski definition) is 1. The van der Waals surface area contributed by atoms with Gasteiger partial charge in [0.25, 0.3) is 0 Å². The number of carbonyl (C=O) groups is 1. The molecule has 1 aromatic heterocycles. The average molecular weight is 238 g/mol. The van der Waals surface area contributed by atoms with E-state index in [0.717, 1.165) is 0 Å². The van der Waals surface area contributed by atoms with Gasteiger partial charge in [-0.05, 0) is 5.92 Å². The van der Waals surface area contributed by atoms with Crippen LogP contribution in [-0.4, -0.2) is 42.4 Å². The van der Waals surface area contributed by atoms with Crippen LogP contribution in [0, 0.1) is 12.3 Å². The van der Waals surface area contributed by atoms with Crippen LogP contribution in [0.4, 0.5) is 5.00 Å². The molecule has 0 saturated carbocycles. The van der Waals surface area contributed by atoms with E-state index in [1.807, 2.05) is 4.90 Å². The van der Waals surface area contributed by atoms with Crippen molar-refractivity contribution in [1.29, 1.82) is 0 Å². The van der Waals surface area contributed by atoms with Gasteiger partial charge in [-0.3, -0.25) is 0 Å². The van der Waals surface area contributed by atoms with Gasteiger partial charge in [0.1, 0.15) is 5.00 Å². The van der Waals surface area contributed by atoms with E-state index in [2.05, 4.69) is 10.9 Å². The van der Waals surface area contributed by atoms with Gasteiger partial charge in [-0.25, -0.2) is 9.78 Å². The van der Waals surface area contributed by atoms with Gasteiger partial charge in [-0.1, -0.05) is 11.3 Å². The molecule has 1 saturated heterocycles. The molecule has 0 aliphatic carbocycles. The highest BCUT2D eigenvalue weighted by atomic mass is 32.1. The summed E-state index contributed by atoms with van der Waals surface area (Å²) >= 11 is 1.24. The number of hydrogen-bond acceptors (Lipinski definition) is 5. The molecule has 0 radical (unpaired) electrons. The van der Waals surface area contributed by atoms with Crippen molar-refractivity contribution in [2.45, 2.75) is 0 Å². The van der Waals surface area contributed by atoms with Gasteiger partial charge in [0.2, 0.25) is 0 Å². The lowest BCUT2D eigenvalue weighted by molar-refractivity contribution is 0.0690. The molecule has 0 spiro atoms. The molecular weight excluding hydrogens is 228 g/mol. The number of morpholine rings is 1. The smallest absolute Gasteiger partial charge is 0.357 e. The number of rotatable bonds is 2. The highest BCUT2D eigenvalue weighted by Gasteiger charge is 2.23. The Morgan fingerprint density at radius 2 is 2.25 bits per heavy atom. The van der Waals surface area contributed by atoms with Gasteiger partial charge >= 0.3 is 5.97 Å². The largest absolute Gasteiger partial charge is 0.476 e. The number of nitrogens with zero attached hydrogens (tertiary/aromatic N) is 2. The zero-order valence-electron chi connectivity index (χ0n) is 8.47. The fourth-order valence-electron chi connectivity index (χ4n) is 1.49. The van der Waals surface area contributed by atoms with Crippen LogP contribution in [0.25, 0.3) is 0 Å². The van der Waals surface area contributed by atoms with E-state index in [1.54, 1.807) is 0 Å². The zero-order valence-corrected chi connectivity index (χ0v) is 9.29. The highest BCUT2D eigenvalue weighted by Crippen LogP contribution is 2.29. The third-order valence-electron chi connectivity index (χ3n) is 2.23. The maximum Gasteiger partial charge on any atom is 0.357 e. The predicted octanol–water partition coefficient (Wildman–Crippen LogP) is 0.659. The molecule has 1 aliphatic heterocycles. The number of terminal acetylenes is 1. The molecule has 0 aromatic carbocycles. The highest BCUT2D eigenvalue weighted by molar-refractivity contribution is 7.16. The summed E-state index contributed by atoms with van der Waals surface area (Å²) in [5.41, 5.74) is 0.0415. The van der Waals surface area contributed by atoms with Crippen LogP contribution in [0.2, 0.25) is 0 Å². The van der Waals surface area contributed by atoms with Crippen molar-refractivity contribution in [3.63, 3.8) is 0 Å². The quantitative estimate of drug-likeness (QED) is 0.767. The number of ether oxygens (including phenoxy) is 1. The van der Waals surface area contributed by atoms with E-state index < -0.39 is 5.97 Å². The van der Waals surface area contributed by atoms with Gasteiger partial charge in [-0.15, -0.1) is 6.42 Å². The first-order valence-electron chi connectivity index (χ1n) is 4.76. The van der Waals surface area contributed by atoms with E-state index in [9.17, 15) is 4.79 Å². The molecule has 1 N–H and O–H groups in total. The minimum Gasteiger partial charge on any atom is -0.476 e. The molecule has 6 heteroatoms. The third kappa shape index (κ3) is 2.01. The summed E-state index contributed by atoms with van der Waals surface area (Å²) in [6, 6.07) is 0. The molecule has 1 aromatic rings. The molecule has 2 heterocycles. The standard InChI is InChI=1S/C10H10N2O3S/c1-2-7-11-8(10(13)14)9(16-7)12-3-5-15-6-4-12/h1H,3-6H2,(H,13,14). The van der Waals surface area contributed by atoms with Crippen molar-refractivity contribution in [2.75, 3.05) is 31.2 Å². The van der Waals surface area contributed by atoms with E-state index in [4.69, 9.17) is 16.3 Å². The Balaban J connectivity index is 2.34. The summed E-state index contributed by atoms with van der Waals surface area (Å²) in [4.78, 5) is 16.9. The Kier molecular flexibility index (Phi) is 3.08. The summed E-state index contributed by atoms with van der Waals surface area (Å²) in [7, 11) is 0. The molecule has 0 atom stereocenters. The van der Waals surface area contributed by atoms with Crippen LogP contribution in [0.1, 0.15) is 15.5 Å². The molecule has 0 amide bonds. The summed E-state index contributed by atoms with van der Waals surface area (Å²) in [5, 5.41) is 10.1. The summed E-state index contributed by atoms with van der Waals surface area (Å²) < 4.78 is 5.21. The maximum absolute atomic E-state index is 11.0. The normalized spacial score (nSPS) is 15.8. The van der Waals surface area contributed by atoms with Crippen LogP contribution >= 0.6 is 11.3 Å². The number of carboxylic acid groups (broad SMARTS) is 1. The lowest BCUT2D eigenvalue weighted by Crippen LogP contribution is -2.36. The number of thiazole rings is 1. The van der Waals surface area contributed by atoms with E-state index in [0.29, 0.717) is 36.3 Å². The van der Waals surface area contributed by atoms with Crippen LogP contribution in [-0.2, 0) is 4.74 Å². The van der Waals surface area contributed by atoms with Crippen molar-refractivity contribution in [1.82, 2.24) is 4.98 Å². The van der Waals surface area contributed by atoms with Gasteiger partial charge < -0.3 is 14.7 Å². The Morgan fingerprint density at radius 3 is 2.81 bits per heavy atom. The molecular formula is C10H10N2O3S. The average Bonchev–Trinajstić information content (AvgIpc) is 2.74. The van der Waals surface area contributed by atoms with Crippen molar-refractivity contribution in [2.24, 2.45) is 0 Å². The topological polar surface area (TPSA) is 62.7 Å². The Hall–Kier alpha value is -1.58. The Labute approximate surface area is 96.7 Å². The molecule has 0 unspecified atom stereocenters. The molecule has 1 aliphatic rings. The second kappa shape index (κ2) is 4.51. The van der Waals surface area contributed by atoms with Crippen molar-refractivity contribution >= 4 is 22.3 Å². The summed E-state index contributed by atoms with van der Waals surface area (Å²) in [6.45, 7) is 2.55. The first-order chi connectivity index (χ1) is 7.72. The first-order valence-corrected chi connectivity index (χ1v) is 5.57. The summed E-state index contributed by atoms with van der Waals surface area (Å²) in [5.74, 6) is 1.33. The van der Waals surface area contributed by atoms with Crippen LogP contribution in [0.3, 0.4) is 0 Å². The number of anilines is 1. The minimum atomic E-state index is -1.04. The van der Waals surface area contributed by atoms with Gasteiger partial charge in [0.05, 0.1) is 13.2 Å². The fourth-order valence-corrected chi connectivity index (χ4v) is 2.41. The van der Waals surface area contributed by atoms with Crippen molar-refractivity contribution in [3.05, 3.63) is 10.7 Å². The Bertz CT molecular complexity index is 443. The van der Waals surface area contributed by atoms with Gasteiger partial charge in [0.15, 0.2) is 10.7 Å². The number of carboxylic acids is 1.